The first-order valence-corrected chi connectivity index (χ1v) is 11.7. The Kier molecular flexibility index (Phi) is 168. The maximum Gasteiger partial charge on any atom is -0.0445 e. The fourth-order valence-corrected chi connectivity index (χ4v) is 1.26. The SMILES string of the molecule is CC.CC.CC.CC.CC.CCCCC(C)CC.CCCCCC. The van der Waals surface area contributed by atoms with Crippen LogP contribution in [-0.4, -0.2) is 0 Å². The Bertz CT molecular complexity index is 72.1. The second-order valence-electron chi connectivity index (χ2n) is 4.36. The first kappa shape index (κ1) is 43.9. The van der Waals surface area contributed by atoms with Gasteiger partial charge in [0, 0.05) is 0 Å². The van der Waals surface area contributed by atoms with Gasteiger partial charge in [0.25, 0.3) is 0 Å². The van der Waals surface area contributed by atoms with E-state index in [-0.39, 0.29) is 0 Å². The smallest absolute Gasteiger partial charge is 0.0445 e. The summed E-state index contributed by atoms with van der Waals surface area (Å²) in [6, 6.07) is 0. The van der Waals surface area contributed by atoms with Gasteiger partial charge in [-0.05, 0) is 5.92 Å². The van der Waals surface area contributed by atoms with E-state index in [1.54, 1.807) is 0 Å². The Balaban J connectivity index is -0.0000000320. The molecule has 158 valence electrons. The molecule has 0 aliphatic carbocycles. The van der Waals surface area contributed by atoms with Crippen LogP contribution >= 0.6 is 0 Å². The minimum absolute atomic E-state index is 0.954. The lowest BCUT2D eigenvalue weighted by atomic mass is 10.0. The molecule has 0 spiro atoms. The molecule has 0 aliphatic rings. The van der Waals surface area contributed by atoms with E-state index < -0.39 is 0 Å². The molecule has 0 aromatic carbocycles. The predicted octanol–water partition coefficient (Wildman–Crippen LogP) is 10.9. The molecule has 0 saturated carbocycles. The summed E-state index contributed by atoms with van der Waals surface area (Å²) in [6.07, 6.45) is 11.1. The zero-order valence-corrected chi connectivity index (χ0v) is 21.2. The standard InChI is InChI=1S/C8H18.C6H14.5C2H6/c1-4-6-7-8(3)5-2;1-3-5-6-4-2;5*1-2/h8H,4-7H2,1-3H3;3-6H2,1-2H3;5*1-2H3. The van der Waals surface area contributed by atoms with Crippen LogP contribution in [0.1, 0.15) is 155 Å². The van der Waals surface area contributed by atoms with Crippen LogP contribution in [0.25, 0.3) is 0 Å². The van der Waals surface area contributed by atoms with Crippen LogP contribution in [0.5, 0.6) is 0 Å². The van der Waals surface area contributed by atoms with Crippen LogP contribution in [-0.2, 0) is 0 Å². The van der Waals surface area contributed by atoms with Crippen molar-refractivity contribution in [2.24, 2.45) is 5.92 Å². The van der Waals surface area contributed by atoms with Gasteiger partial charge in [0.15, 0.2) is 0 Å². The topological polar surface area (TPSA) is 0 Å². The van der Waals surface area contributed by atoms with Gasteiger partial charge in [-0.25, -0.2) is 0 Å². The van der Waals surface area contributed by atoms with Gasteiger partial charge in [0.05, 0.1) is 0 Å². The molecule has 0 heterocycles. The molecule has 0 nitrogen and oxygen atoms in total. The maximum atomic E-state index is 2.33. The predicted molar refractivity (Wildman–Crippen MR) is 126 cm³/mol. The van der Waals surface area contributed by atoms with Gasteiger partial charge < -0.3 is 0 Å². The fourth-order valence-electron chi connectivity index (χ4n) is 1.26. The first-order valence-electron chi connectivity index (χ1n) is 11.7. The molecule has 0 fully saturated rings. The minimum Gasteiger partial charge on any atom is -0.0683 e. The van der Waals surface area contributed by atoms with Gasteiger partial charge >= 0.3 is 0 Å². The fraction of sp³-hybridized carbons (Fsp3) is 1.00. The van der Waals surface area contributed by atoms with Crippen molar-refractivity contribution in [2.75, 3.05) is 0 Å². The zero-order chi connectivity index (χ0) is 21.2. The molecule has 0 aliphatic heterocycles. The van der Waals surface area contributed by atoms with Crippen LogP contribution in [0.2, 0.25) is 0 Å². The molecule has 0 aromatic heterocycles. The molecule has 1 unspecified atom stereocenters. The van der Waals surface area contributed by atoms with Gasteiger partial charge in [0.1, 0.15) is 0 Å². The van der Waals surface area contributed by atoms with Crippen molar-refractivity contribution in [3.8, 4) is 0 Å². The molecule has 0 heteroatoms. The van der Waals surface area contributed by atoms with Crippen molar-refractivity contribution >= 4 is 0 Å². The maximum absolute atomic E-state index is 2.33. The zero-order valence-electron chi connectivity index (χ0n) is 21.2. The third kappa shape index (κ3) is 120. The van der Waals surface area contributed by atoms with Gasteiger partial charge in [-0.1, -0.05) is 155 Å². The quantitative estimate of drug-likeness (QED) is 0.400. The Morgan fingerprint density at radius 3 is 0.875 bits per heavy atom. The van der Waals surface area contributed by atoms with Crippen LogP contribution in [0.3, 0.4) is 0 Å². The van der Waals surface area contributed by atoms with E-state index in [1.165, 1.54) is 51.4 Å². The number of rotatable bonds is 7. The van der Waals surface area contributed by atoms with E-state index in [4.69, 9.17) is 0 Å². The normalized spacial score (nSPS) is 8.12. The highest BCUT2D eigenvalue weighted by atomic mass is 14.0. The lowest BCUT2D eigenvalue weighted by molar-refractivity contribution is 0.492. The van der Waals surface area contributed by atoms with E-state index in [2.05, 4.69) is 34.6 Å². The average Bonchev–Trinajstić information content (AvgIpc) is 2.72. The summed E-state index contributed by atoms with van der Waals surface area (Å²) < 4.78 is 0. The highest BCUT2D eigenvalue weighted by Crippen LogP contribution is 2.09. The van der Waals surface area contributed by atoms with Gasteiger partial charge in [-0.3, -0.25) is 0 Å². The number of unbranched alkanes of at least 4 members (excludes halogenated alkanes) is 4. The average molecular weight is 351 g/mol. The first-order chi connectivity index (χ1) is 11.7. The van der Waals surface area contributed by atoms with Gasteiger partial charge in [-0.2, -0.15) is 0 Å². The van der Waals surface area contributed by atoms with Crippen molar-refractivity contribution < 1.29 is 0 Å². The Hall–Kier alpha value is 0. The molecule has 1 atom stereocenters. The van der Waals surface area contributed by atoms with Crippen molar-refractivity contribution in [3.05, 3.63) is 0 Å². The molecular weight excluding hydrogens is 288 g/mol. The summed E-state index contributed by atoms with van der Waals surface area (Å²) in [5.74, 6) is 0.954. The molecule has 24 heavy (non-hydrogen) atoms. The summed E-state index contributed by atoms with van der Waals surface area (Å²) in [6.45, 7) is 31.3. The minimum atomic E-state index is 0.954. The third-order valence-corrected chi connectivity index (χ3v) is 2.70. The Labute approximate surface area is 161 Å². The molecule has 0 radical (unpaired) electrons. The Morgan fingerprint density at radius 2 is 0.708 bits per heavy atom. The summed E-state index contributed by atoms with van der Waals surface area (Å²) in [5, 5.41) is 0. The van der Waals surface area contributed by atoms with Crippen molar-refractivity contribution in [1.29, 1.82) is 0 Å². The summed E-state index contributed by atoms with van der Waals surface area (Å²) in [4.78, 5) is 0. The van der Waals surface area contributed by atoms with Crippen molar-refractivity contribution in [1.82, 2.24) is 0 Å². The molecule has 0 rings (SSSR count). The second-order valence-corrected chi connectivity index (χ2v) is 4.36. The second kappa shape index (κ2) is 92.0. The Morgan fingerprint density at radius 1 is 0.458 bits per heavy atom. The molecule has 0 bridgehead atoms. The summed E-state index contributed by atoms with van der Waals surface area (Å²) in [5.41, 5.74) is 0. The molecule has 0 amide bonds. The van der Waals surface area contributed by atoms with Crippen LogP contribution in [0, 0.1) is 5.92 Å². The van der Waals surface area contributed by atoms with Gasteiger partial charge in [-0.15, -0.1) is 0 Å². The summed E-state index contributed by atoms with van der Waals surface area (Å²) in [7, 11) is 0. The number of hydrogen-bond donors (Lipinski definition) is 0. The highest BCUT2D eigenvalue weighted by molar-refractivity contribution is 4.47. The monoisotopic (exact) mass is 350 g/mol. The largest absolute Gasteiger partial charge is 0.0683 e. The molecule has 0 aromatic rings. The molecule has 0 N–H and O–H groups in total. The van der Waals surface area contributed by atoms with E-state index in [1.807, 2.05) is 69.2 Å². The lowest BCUT2D eigenvalue weighted by Crippen LogP contribution is -1.89. The highest BCUT2D eigenvalue weighted by Gasteiger charge is 1.94. The van der Waals surface area contributed by atoms with E-state index in [0.29, 0.717) is 0 Å². The van der Waals surface area contributed by atoms with Crippen LogP contribution in [0.15, 0.2) is 0 Å². The van der Waals surface area contributed by atoms with E-state index >= 15 is 0 Å². The molecule has 0 saturated heterocycles. The van der Waals surface area contributed by atoms with E-state index in [0.717, 1.165) is 5.92 Å². The van der Waals surface area contributed by atoms with Crippen molar-refractivity contribution in [2.45, 2.75) is 155 Å². The van der Waals surface area contributed by atoms with Crippen LogP contribution in [0.4, 0.5) is 0 Å². The van der Waals surface area contributed by atoms with E-state index in [9.17, 15) is 0 Å². The molecular formula is C24H62. The van der Waals surface area contributed by atoms with Crippen LogP contribution < -0.4 is 0 Å². The van der Waals surface area contributed by atoms with Gasteiger partial charge in [0.2, 0.25) is 0 Å². The lowest BCUT2D eigenvalue weighted by Gasteiger charge is -2.04. The third-order valence-electron chi connectivity index (χ3n) is 2.70. The summed E-state index contributed by atoms with van der Waals surface area (Å²) >= 11 is 0. The number of hydrogen-bond acceptors (Lipinski definition) is 0. The van der Waals surface area contributed by atoms with Crippen molar-refractivity contribution in [3.63, 3.8) is 0 Å².